The van der Waals surface area contributed by atoms with Crippen molar-refractivity contribution in [3.8, 4) is 0 Å². The molecule has 0 atom stereocenters. The molecular formula is C25H21F2N3O3. The van der Waals surface area contributed by atoms with Gasteiger partial charge in [0, 0.05) is 43.5 Å². The van der Waals surface area contributed by atoms with Crippen LogP contribution in [0.3, 0.4) is 0 Å². The molecule has 1 N–H and O–H groups in total. The highest BCUT2D eigenvalue weighted by Crippen LogP contribution is 2.19. The highest BCUT2D eigenvalue weighted by molar-refractivity contribution is 6.40. The van der Waals surface area contributed by atoms with E-state index in [1.165, 1.54) is 9.80 Å². The van der Waals surface area contributed by atoms with Gasteiger partial charge in [-0.15, -0.1) is 0 Å². The molecule has 33 heavy (non-hydrogen) atoms. The molecule has 168 valence electrons. The second-order valence-electron chi connectivity index (χ2n) is 7.68. The third-order valence-corrected chi connectivity index (χ3v) is 5.34. The summed E-state index contributed by atoms with van der Waals surface area (Å²) in [6.45, 7) is 1.02. The lowest BCUT2D eigenvalue weighted by atomic mass is 10.1. The van der Waals surface area contributed by atoms with Gasteiger partial charge < -0.3 is 15.1 Å². The van der Waals surface area contributed by atoms with Crippen molar-refractivity contribution in [2.24, 2.45) is 0 Å². The van der Waals surface area contributed by atoms with E-state index in [0.29, 0.717) is 29.9 Å². The molecule has 4 rings (SSSR count). The highest BCUT2D eigenvalue weighted by atomic mass is 19.1. The van der Waals surface area contributed by atoms with E-state index in [1.807, 2.05) is 18.2 Å². The summed E-state index contributed by atoms with van der Waals surface area (Å²) in [7, 11) is 0. The van der Waals surface area contributed by atoms with Crippen molar-refractivity contribution in [1.82, 2.24) is 10.2 Å². The minimum absolute atomic E-state index is 0.0163. The molecule has 3 amide bonds. The van der Waals surface area contributed by atoms with Crippen LogP contribution in [0.25, 0.3) is 0 Å². The molecule has 1 fully saturated rings. The average molecular weight is 449 g/mol. The minimum atomic E-state index is -0.707. The Kier molecular flexibility index (Phi) is 6.44. The number of nitrogens with zero attached hydrogens (tertiary/aromatic N) is 2. The summed E-state index contributed by atoms with van der Waals surface area (Å²) in [4.78, 5) is 40.4. The Morgan fingerprint density at radius 2 is 1.48 bits per heavy atom. The molecule has 0 spiro atoms. The van der Waals surface area contributed by atoms with E-state index in [4.69, 9.17) is 0 Å². The van der Waals surface area contributed by atoms with Crippen LogP contribution in [0.2, 0.25) is 0 Å². The van der Waals surface area contributed by atoms with Gasteiger partial charge in [0.2, 0.25) is 0 Å². The number of carbonyl (C=O) groups excluding carboxylic acids is 3. The van der Waals surface area contributed by atoms with Gasteiger partial charge in [-0.25, -0.2) is 8.78 Å². The van der Waals surface area contributed by atoms with Crippen molar-refractivity contribution in [2.75, 3.05) is 18.0 Å². The Morgan fingerprint density at radius 1 is 0.818 bits per heavy atom. The monoisotopic (exact) mass is 449 g/mol. The zero-order chi connectivity index (χ0) is 23.4. The van der Waals surface area contributed by atoms with Crippen LogP contribution in [-0.4, -0.2) is 35.7 Å². The molecule has 0 bridgehead atoms. The second-order valence-corrected chi connectivity index (χ2v) is 7.68. The fourth-order valence-electron chi connectivity index (χ4n) is 3.66. The zero-order valence-corrected chi connectivity index (χ0v) is 17.6. The zero-order valence-electron chi connectivity index (χ0n) is 17.6. The summed E-state index contributed by atoms with van der Waals surface area (Å²) in [5.74, 6) is -2.96. The summed E-state index contributed by atoms with van der Waals surface area (Å²) in [5, 5.41) is 2.62. The van der Waals surface area contributed by atoms with Crippen molar-refractivity contribution < 1.29 is 23.2 Å². The number of nitrogens with one attached hydrogen (secondary N) is 1. The number of para-hydroxylation sites is 1. The predicted octanol–water partition coefficient (Wildman–Crippen LogP) is 3.27. The van der Waals surface area contributed by atoms with Gasteiger partial charge in [0.25, 0.3) is 5.91 Å². The molecule has 0 saturated carbocycles. The van der Waals surface area contributed by atoms with Crippen LogP contribution in [0, 0.1) is 11.6 Å². The molecule has 6 nitrogen and oxygen atoms in total. The van der Waals surface area contributed by atoms with Crippen LogP contribution < -0.4 is 10.2 Å². The van der Waals surface area contributed by atoms with Gasteiger partial charge in [0.15, 0.2) is 0 Å². The first-order valence-corrected chi connectivity index (χ1v) is 10.4. The van der Waals surface area contributed by atoms with Crippen molar-refractivity contribution >= 4 is 23.4 Å². The fraction of sp³-hybridized carbons (Fsp3) is 0.160. The van der Waals surface area contributed by atoms with E-state index in [1.54, 1.807) is 36.4 Å². The maximum absolute atomic E-state index is 13.3. The van der Waals surface area contributed by atoms with Gasteiger partial charge in [-0.2, -0.15) is 0 Å². The summed E-state index contributed by atoms with van der Waals surface area (Å²) >= 11 is 0. The van der Waals surface area contributed by atoms with Gasteiger partial charge in [-0.3, -0.25) is 14.4 Å². The molecule has 3 aromatic carbocycles. The van der Waals surface area contributed by atoms with Crippen LogP contribution in [-0.2, 0) is 22.7 Å². The third-order valence-electron chi connectivity index (χ3n) is 5.34. The number of hydrogen-bond donors (Lipinski definition) is 1. The number of amides is 3. The lowest BCUT2D eigenvalue weighted by Gasteiger charge is -2.33. The lowest BCUT2D eigenvalue weighted by Crippen LogP contribution is -2.54. The molecule has 1 aliphatic heterocycles. The second kappa shape index (κ2) is 9.60. The molecule has 1 heterocycles. The number of hydrogen-bond acceptors (Lipinski definition) is 3. The molecule has 3 aromatic rings. The van der Waals surface area contributed by atoms with Crippen molar-refractivity contribution in [3.63, 3.8) is 0 Å². The van der Waals surface area contributed by atoms with Crippen molar-refractivity contribution in [3.05, 3.63) is 101 Å². The first-order chi connectivity index (χ1) is 15.9. The van der Waals surface area contributed by atoms with Crippen LogP contribution in [0.1, 0.15) is 21.5 Å². The number of carbonyl (C=O) groups is 3. The van der Waals surface area contributed by atoms with Gasteiger partial charge in [0.05, 0.1) is 0 Å². The number of anilines is 1. The fourth-order valence-corrected chi connectivity index (χ4v) is 3.66. The molecule has 0 radical (unpaired) electrons. The normalized spacial score (nSPS) is 13.9. The van der Waals surface area contributed by atoms with Gasteiger partial charge >= 0.3 is 11.8 Å². The lowest BCUT2D eigenvalue weighted by molar-refractivity contribution is -0.146. The first-order valence-electron chi connectivity index (χ1n) is 10.4. The SMILES string of the molecule is O=C(NCc1cc(F)cc(F)c1)c1ccc(CN2CCN(c3ccccc3)C(=O)C2=O)cc1. The topological polar surface area (TPSA) is 69.7 Å². The molecule has 1 saturated heterocycles. The minimum Gasteiger partial charge on any atom is -0.348 e. The Bertz CT molecular complexity index is 1160. The molecular weight excluding hydrogens is 428 g/mol. The Balaban J connectivity index is 1.34. The molecule has 0 unspecified atom stereocenters. The van der Waals surface area contributed by atoms with Gasteiger partial charge in [0.1, 0.15) is 11.6 Å². The third kappa shape index (κ3) is 5.23. The quantitative estimate of drug-likeness (QED) is 0.588. The van der Waals surface area contributed by atoms with E-state index < -0.39 is 29.4 Å². The Labute approximate surface area is 189 Å². The first kappa shape index (κ1) is 22.1. The molecule has 8 heteroatoms. The van der Waals surface area contributed by atoms with Crippen LogP contribution in [0.15, 0.2) is 72.8 Å². The number of rotatable bonds is 6. The largest absolute Gasteiger partial charge is 0.348 e. The molecule has 0 aromatic heterocycles. The maximum atomic E-state index is 13.3. The van der Waals surface area contributed by atoms with E-state index in [2.05, 4.69) is 5.32 Å². The Morgan fingerprint density at radius 3 is 2.15 bits per heavy atom. The number of benzene rings is 3. The summed E-state index contributed by atoms with van der Waals surface area (Å²) in [6, 6.07) is 18.7. The molecule has 1 aliphatic rings. The number of piperazine rings is 1. The standard InChI is InChI=1S/C25H21F2N3O3/c26-20-12-18(13-21(27)14-20)15-28-23(31)19-8-6-17(7-9-19)16-29-10-11-30(25(33)24(29)32)22-4-2-1-3-5-22/h1-9,12-14H,10-11,15-16H2,(H,28,31). The Hall–Kier alpha value is -4.07. The van der Waals surface area contributed by atoms with E-state index in [9.17, 15) is 23.2 Å². The highest BCUT2D eigenvalue weighted by Gasteiger charge is 2.33. The average Bonchev–Trinajstić information content (AvgIpc) is 2.81. The van der Waals surface area contributed by atoms with Gasteiger partial charge in [-0.05, 0) is 47.5 Å². The predicted molar refractivity (Wildman–Crippen MR) is 118 cm³/mol. The van der Waals surface area contributed by atoms with E-state index in [-0.39, 0.29) is 13.1 Å². The van der Waals surface area contributed by atoms with Gasteiger partial charge in [-0.1, -0.05) is 30.3 Å². The van der Waals surface area contributed by atoms with E-state index >= 15 is 0 Å². The number of halogens is 2. The maximum Gasteiger partial charge on any atom is 0.316 e. The summed E-state index contributed by atoms with van der Waals surface area (Å²) in [6.07, 6.45) is 0. The van der Waals surface area contributed by atoms with Crippen molar-refractivity contribution in [1.29, 1.82) is 0 Å². The van der Waals surface area contributed by atoms with E-state index in [0.717, 1.165) is 23.8 Å². The molecule has 0 aliphatic carbocycles. The van der Waals surface area contributed by atoms with Crippen molar-refractivity contribution in [2.45, 2.75) is 13.1 Å². The van der Waals surface area contributed by atoms with Crippen LogP contribution >= 0.6 is 0 Å². The van der Waals surface area contributed by atoms with Crippen LogP contribution in [0.5, 0.6) is 0 Å². The smallest absolute Gasteiger partial charge is 0.316 e. The van der Waals surface area contributed by atoms with Crippen LogP contribution in [0.4, 0.5) is 14.5 Å². The summed E-state index contributed by atoms with van der Waals surface area (Å²) in [5.41, 5.74) is 2.14. The summed E-state index contributed by atoms with van der Waals surface area (Å²) < 4.78 is 26.5.